The standard InChI is InChI=1S/C19H33N3O3/c1-6-10-20-16-9-8-14(19(22-16)21-11-7-2)17-13(3)18(24-5)15(25-17)12-23-4/h8-9,13,15,17-18H,6-7,10-12H2,1-5H3,(H2,20,21,22)/t13?,15-,17-,18-/m1/s1. The van der Waals surface area contributed by atoms with Crippen LogP contribution in [0.3, 0.4) is 0 Å². The van der Waals surface area contributed by atoms with Crippen LogP contribution in [0.5, 0.6) is 0 Å². The highest BCUT2D eigenvalue weighted by Gasteiger charge is 2.43. The molecule has 6 nitrogen and oxygen atoms in total. The summed E-state index contributed by atoms with van der Waals surface area (Å²) in [5, 5.41) is 6.81. The van der Waals surface area contributed by atoms with Crippen molar-refractivity contribution >= 4 is 11.6 Å². The third-order valence-electron chi connectivity index (χ3n) is 4.62. The van der Waals surface area contributed by atoms with Crippen molar-refractivity contribution in [1.29, 1.82) is 0 Å². The molecule has 0 saturated carbocycles. The summed E-state index contributed by atoms with van der Waals surface area (Å²) < 4.78 is 17.3. The van der Waals surface area contributed by atoms with E-state index in [2.05, 4.69) is 37.5 Å². The van der Waals surface area contributed by atoms with Gasteiger partial charge in [0.25, 0.3) is 0 Å². The van der Waals surface area contributed by atoms with Gasteiger partial charge in [-0.2, -0.15) is 0 Å². The summed E-state index contributed by atoms with van der Waals surface area (Å²) in [5.41, 5.74) is 1.09. The monoisotopic (exact) mass is 351 g/mol. The number of nitrogens with zero attached hydrogens (tertiary/aromatic N) is 1. The van der Waals surface area contributed by atoms with Gasteiger partial charge in [0.1, 0.15) is 17.7 Å². The highest BCUT2D eigenvalue weighted by atomic mass is 16.6. The second kappa shape index (κ2) is 9.94. The number of nitrogens with one attached hydrogen (secondary N) is 2. The van der Waals surface area contributed by atoms with E-state index in [-0.39, 0.29) is 24.2 Å². The van der Waals surface area contributed by atoms with Crippen LogP contribution in [-0.4, -0.2) is 51.1 Å². The quantitative estimate of drug-likeness (QED) is 0.673. The molecule has 25 heavy (non-hydrogen) atoms. The van der Waals surface area contributed by atoms with E-state index >= 15 is 0 Å². The average Bonchev–Trinajstić information content (AvgIpc) is 2.93. The first-order chi connectivity index (χ1) is 12.2. The Morgan fingerprint density at radius 3 is 2.48 bits per heavy atom. The number of ether oxygens (including phenoxy) is 3. The van der Waals surface area contributed by atoms with Crippen LogP contribution in [0.15, 0.2) is 12.1 Å². The van der Waals surface area contributed by atoms with E-state index in [1.54, 1.807) is 14.2 Å². The first-order valence-corrected chi connectivity index (χ1v) is 9.32. The van der Waals surface area contributed by atoms with E-state index in [4.69, 9.17) is 19.2 Å². The van der Waals surface area contributed by atoms with Crippen LogP contribution >= 0.6 is 0 Å². The van der Waals surface area contributed by atoms with Crippen molar-refractivity contribution in [2.24, 2.45) is 5.92 Å². The Bertz CT molecular complexity index is 527. The van der Waals surface area contributed by atoms with Crippen LogP contribution in [0.1, 0.15) is 45.3 Å². The number of rotatable bonds is 10. The van der Waals surface area contributed by atoms with Crippen molar-refractivity contribution in [3.05, 3.63) is 17.7 Å². The molecule has 1 aromatic heterocycles. The van der Waals surface area contributed by atoms with Crippen molar-refractivity contribution in [3.8, 4) is 0 Å². The minimum absolute atomic E-state index is 0.0156. The van der Waals surface area contributed by atoms with Crippen LogP contribution in [0, 0.1) is 5.92 Å². The predicted octanol–water partition coefficient (Wildman–Crippen LogP) is 3.46. The third kappa shape index (κ3) is 4.84. The predicted molar refractivity (Wildman–Crippen MR) is 101 cm³/mol. The minimum Gasteiger partial charge on any atom is -0.382 e. The van der Waals surface area contributed by atoms with E-state index in [0.29, 0.717) is 6.61 Å². The van der Waals surface area contributed by atoms with Crippen LogP contribution in [0.4, 0.5) is 11.6 Å². The van der Waals surface area contributed by atoms with E-state index in [1.807, 2.05) is 6.07 Å². The van der Waals surface area contributed by atoms with Crippen molar-refractivity contribution < 1.29 is 14.2 Å². The molecule has 0 aliphatic carbocycles. The number of hydrogen-bond donors (Lipinski definition) is 2. The van der Waals surface area contributed by atoms with Crippen molar-refractivity contribution in [3.63, 3.8) is 0 Å². The molecule has 2 N–H and O–H groups in total. The molecule has 2 rings (SSSR count). The van der Waals surface area contributed by atoms with E-state index in [1.165, 1.54) is 0 Å². The van der Waals surface area contributed by atoms with Crippen LogP contribution in [0.25, 0.3) is 0 Å². The maximum atomic E-state index is 6.29. The van der Waals surface area contributed by atoms with Crippen molar-refractivity contribution in [2.75, 3.05) is 44.5 Å². The zero-order valence-corrected chi connectivity index (χ0v) is 16.2. The molecule has 0 aromatic carbocycles. The number of anilines is 2. The summed E-state index contributed by atoms with van der Waals surface area (Å²) in [6.45, 7) is 8.79. The maximum absolute atomic E-state index is 6.29. The molecule has 2 heterocycles. The normalized spacial score (nSPS) is 26.0. The first-order valence-electron chi connectivity index (χ1n) is 9.32. The molecule has 1 aromatic rings. The Morgan fingerprint density at radius 1 is 1.12 bits per heavy atom. The number of pyridine rings is 1. The molecule has 1 unspecified atom stereocenters. The number of methoxy groups -OCH3 is 2. The Labute approximate surface area is 151 Å². The summed E-state index contributed by atoms with van der Waals surface area (Å²) in [5.74, 6) is 2.02. The Balaban J connectivity index is 2.26. The highest BCUT2D eigenvalue weighted by molar-refractivity contribution is 5.53. The van der Waals surface area contributed by atoms with Crippen LogP contribution in [-0.2, 0) is 14.2 Å². The lowest BCUT2D eigenvalue weighted by Crippen LogP contribution is -2.31. The molecule has 1 fully saturated rings. The van der Waals surface area contributed by atoms with Gasteiger partial charge in [0.05, 0.1) is 18.8 Å². The molecule has 4 atom stereocenters. The highest BCUT2D eigenvalue weighted by Crippen LogP contribution is 2.42. The number of hydrogen-bond acceptors (Lipinski definition) is 6. The molecule has 1 saturated heterocycles. The summed E-state index contributed by atoms with van der Waals surface area (Å²) in [4.78, 5) is 4.77. The van der Waals surface area contributed by atoms with Gasteiger partial charge in [-0.3, -0.25) is 0 Å². The van der Waals surface area contributed by atoms with Gasteiger partial charge in [0.2, 0.25) is 0 Å². The average molecular weight is 351 g/mol. The summed E-state index contributed by atoms with van der Waals surface area (Å²) >= 11 is 0. The van der Waals surface area contributed by atoms with Crippen molar-refractivity contribution in [1.82, 2.24) is 4.98 Å². The van der Waals surface area contributed by atoms with E-state index in [0.717, 1.165) is 43.1 Å². The second-order valence-corrected chi connectivity index (χ2v) is 6.60. The zero-order chi connectivity index (χ0) is 18.2. The molecule has 6 heteroatoms. The summed E-state index contributed by atoms with van der Waals surface area (Å²) in [6, 6.07) is 4.15. The Morgan fingerprint density at radius 2 is 1.84 bits per heavy atom. The molecular formula is C19H33N3O3. The lowest BCUT2D eigenvalue weighted by molar-refractivity contribution is -0.0446. The van der Waals surface area contributed by atoms with Gasteiger partial charge in [-0.1, -0.05) is 20.8 Å². The van der Waals surface area contributed by atoms with E-state index in [9.17, 15) is 0 Å². The Hall–Kier alpha value is -1.37. The molecule has 142 valence electrons. The van der Waals surface area contributed by atoms with Crippen molar-refractivity contribution in [2.45, 2.75) is 51.9 Å². The fourth-order valence-corrected chi connectivity index (χ4v) is 3.36. The largest absolute Gasteiger partial charge is 0.382 e. The fourth-order valence-electron chi connectivity index (χ4n) is 3.36. The third-order valence-corrected chi connectivity index (χ3v) is 4.62. The van der Waals surface area contributed by atoms with Gasteiger partial charge >= 0.3 is 0 Å². The SMILES string of the molecule is CCCNc1ccc([C@@H]2O[C@H](COC)[C@H](OC)C2C)c(NCCC)n1. The molecule has 0 spiro atoms. The van der Waals surface area contributed by atoms with Gasteiger partial charge in [0.15, 0.2) is 0 Å². The molecule has 0 radical (unpaired) electrons. The van der Waals surface area contributed by atoms with Gasteiger partial charge in [-0.05, 0) is 25.0 Å². The lowest BCUT2D eigenvalue weighted by atomic mass is 9.93. The molecular weight excluding hydrogens is 318 g/mol. The summed E-state index contributed by atoms with van der Waals surface area (Å²) in [7, 11) is 3.43. The lowest BCUT2D eigenvalue weighted by Gasteiger charge is -2.21. The van der Waals surface area contributed by atoms with Crippen LogP contribution < -0.4 is 10.6 Å². The first kappa shape index (κ1) is 19.9. The minimum atomic E-state index is -0.0630. The smallest absolute Gasteiger partial charge is 0.134 e. The second-order valence-electron chi connectivity index (χ2n) is 6.60. The van der Waals surface area contributed by atoms with Gasteiger partial charge in [-0.15, -0.1) is 0 Å². The van der Waals surface area contributed by atoms with Gasteiger partial charge < -0.3 is 24.8 Å². The van der Waals surface area contributed by atoms with Gasteiger partial charge in [-0.25, -0.2) is 4.98 Å². The molecule has 0 amide bonds. The van der Waals surface area contributed by atoms with E-state index < -0.39 is 0 Å². The van der Waals surface area contributed by atoms with Crippen LogP contribution in [0.2, 0.25) is 0 Å². The fraction of sp³-hybridized carbons (Fsp3) is 0.737. The molecule has 0 bridgehead atoms. The topological polar surface area (TPSA) is 64.6 Å². The number of aromatic nitrogens is 1. The summed E-state index contributed by atoms with van der Waals surface area (Å²) in [6.07, 6.45) is 2.01. The van der Waals surface area contributed by atoms with Gasteiger partial charge in [0, 0.05) is 38.8 Å². The molecule has 1 aliphatic heterocycles. The maximum Gasteiger partial charge on any atom is 0.134 e. The molecule has 1 aliphatic rings. The Kier molecular flexibility index (Phi) is 7.93. The zero-order valence-electron chi connectivity index (χ0n) is 16.2.